The van der Waals surface area contributed by atoms with Gasteiger partial charge in [-0.05, 0) is 38.7 Å². The molecule has 0 aliphatic heterocycles. The molecule has 5 aromatic rings. The number of nitrogens with zero attached hydrogens (tertiary/aromatic N) is 5. The number of aromatic hydroxyl groups is 1. The standard InChI is InChI=1S/C22H16N6O/c29-21-13-12-16-7-1-3-9-17(16)19(21)14-23-24-22-25-26-27-28(22)20-11-5-8-15-6-2-4-10-18(15)20/h1-14,29H,(H,24,25,27). The molecule has 0 bridgehead atoms. The average molecular weight is 380 g/mol. The van der Waals surface area contributed by atoms with Crippen molar-refractivity contribution in [2.75, 3.05) is 5.43 Å². The lowest BCUT2D eigenvalue weighted by Gasteiger charge is -2.08. The van der Waals surface area contributed by atoms with Gasteiger partial charge in [0.25, 0.3) is 5.95 Å². The van der Waals surface area contributed by atoms with Crippen LogP contribution in [0.5, 0.6) is 5.75 Å². The molecule has 4 aromatic carbocycles. The summed E-state index contributed by atoms with van der Waals surface area (Å²) in [6.45, 7) is 0. The molecule has 0 saturated heterocycles. The average Bonchev–Trinajstić information content (AvgIpc) is 3.23. The molecule has 5 rings (SSSR count). The minimum absolute atomic E-state index is 0.155. The van der Waals surface area contributed by atoms with Crippen LogP contribution in [0.25, 0.3) is 27.2 Å². The Balaban J connectivity index is 1.50. The molecule has 0 saturated carbocycles. The molecule has 0 unspecified atom stereocenters. The first-order chi connectivity index (χ1) is 14.3. The summed E-state index contributed by atoms with van der Waals surface area (Å²) in [4.78, 5) is 0. The smallest absolute Gasteiger partial charge is 0.268 e. The summed E-state index contributed by atoms with van der Waals surface area (Å²) in [5.41, 5.74) is 4.35. The van der Waals surface area contributed by atoms with Crippen molar-refractivity contribution in [2.24, 2.45) is 5.10 Å². The van der Waals surface area contributed by atoms with Crippen molar-refractivity contribution in [1.82, 2.24) is 20.2 Å². The highest BCUT2D eigenvalue weighted by Gasteiger charge is 2.10. The van der Waals surface area contributed by atoms with Crippen LogP contribution in [0.3, 0.4) is 0 Å². The molecule has 7 nitrogen and oxygen atoms in total. The molecule has 140 valence electrons. The highest BCUT2D eigenvalue weighted by Crippen LogP contribution is 2.26. The van der Waals surface area contributed by atoms with Crippen LogP contribution >= 0.6 is 0 Å². The Labute approximate surface area is 165 Å². The summed E-state index contributed by atoms with van der Waals surface area (Å²) in [5, 5.41) is 30.5. The van der Waals surface area contributed by atoms with E-state index >= 15 is 0 Å². The Kier molecular flexibility index (Phi) is 4.10. The molecule has 1 heterocycles. The third kappa shape index (κ3) is 3.04. The van der Waals surface area contributed by atoms with Gasteiger partial charge in [-0.1, -0.05) is 71.8 Å². The quantitative estimate of drug-likeness (QED) is 0.362. The van der Waals surface area contributed by atoms with Gasteiger partial charge in [-0.2, -0.15) is 9.78 Å². The monoisotopic (exact) mass is 380 g/mol. The molecule has 0 radical (unpaired) electrons. The summed E-state index contributed by atoms with van der Waals surface area (Å²) in [6.07, 6.45) is 1.57. The maximum atomic E-state index is 10.3. The van der Waals surface area contributed by atoms with Crippen molar-refractivity contribution in [3.63, 3.8) is 0 Å². The topological polar surface area (TPSA) is 88.2 Å². The fourth-order valence-electron chi connectivity index (χ4n) is 3.39. The van der Waals surface area contributed by atoms with E-state index in [-0.39, 0.29) is 5.75 Å². The number of hydrogen-bond acceptors (Lipinski definition) is 6. The number of tetrazole rings is 1. The number of nitrogens with one attached hydrogen (secondary N) is 1. The van der Waals surface area contributed by atoms with Crippen LogP contribution in [0.2, 0.25) is 0 Å². The van der Waals surface area contributed by atoms with Gasteiger partial charge in [0.2, 0.25) is 0 Å². The van der Waals surface area contributed by atoms with E-state index in [1.165, 1.54) is 0 Å². The van der Waals surface area contributed by atoms with E-state index in [0.29, 0.717) is 11.5 Å². The molecule has 0 spiro atoms. The van der Waals surface area contributed by atoms with Gasteiger partial charge in [-0.15, -0.1) is 0 Å². The summed E-state index contributed by atoms with van der Waals surface area (Å²) < 4.78 is 1.60. The SMILES string of the molecule is Oc1ccc2ccccc2c1C=NNc1nnnn1-c1cccc2ccccc12. The van der Waals surface area contributed by atoms with Crippen LogP contribution in [0.1, 0.15) is 5.56 Å². The number of phenolic OH excluding ortho intramolecular Hbond substituents is 1. The number of rotatable bonds is 4. The lowest BCUT2D eigenvalue weighted by molar-refractivity contribution is 0.475. The minimum atomic E-state index is 0.155. The van der Waals surface area contributed by atoms with E-state index in [1.54, 1.807) is 17.0 Å². The molecule has 29 heavy (non-hydrogen) atoms. The largest absolute Gasteiger partial charge is 0.507 e. The molecule has 2 N–H and O–H groups in total. The van der Waals surface area contributed by atoms with Crippen LogP contribution in [0, 0.1) is 0 Å². The molecule has 0 amide bonds. The molecular formula is C22H16N6O. The van der Waals surface area contributed by atoms with Gasteiger partial charge in [-0.25, -0.2) is 5.43 Å². The second-order valence-electron chi connectivity index (χ2n) is 6.50. The molecular weight excluding hydrogens is 364 g/mol. The zero-order valence-corrected chi connectivity index (χ0v) is 15.3. The Hall–Kier alpha value is -4.26. The van der Waals surface area contributed by atoms with Crippen molar-refractivity contribution in [1.29, 1.82) is 0 Å². The van der Waals surface area contributed by atoms with Gasteiger partial charge >= 0.3 is 0 Å². The van der Waals surface area contributed by atoms with Crippen LogP contribution in [-0.4, -0.2) is 31.5 Å². The van der Waals surface area contributed by atoms with Gasteiger partial charge in [0.15, 0.2) is 0 Å². The predicted molar refractivity (Wildman–Crippen MR) is 113 cm³/mol. The fourth-order valence-corrected chi connectivity index (χ4v) is 3.39. The number of hydrazone groups is 1. The first-order valence-electron chi connectivity index (χ1n) is 9.07. The third-order valence-electron chi connectivity index (χ3n) is 4.77. The highest BCUT2D eigenvalue weighted by atomic mass is 16.3. The Morgan fingerprint density at radius 3 is 2.41 bits per heavy atom. The van der Waals surface area contributed by atoms with Gasteiger partial charge in [-0.3, -0.25) is 0 Å². The number of aromatic nitrogens is 4. The maximum absolute atomic E-state index is 10.3. The van der Waals surface area contributed by atoms with E-state index in [0.717, 1.165) is 27.2 Å². The van der Waals surface area contributed by atoms with E-state index in [4.69, 9.17) is 0 Å². The first-order valence-corrected chi connectivity index (χ1v) is 9.07. The first kappa shape index (κ1) is 16.9. The lowest BCUT2D eigenvalue weighted by Crippen LogP contribution is -2.04. The van der Waals surface area contributed by atoms with Crippen LogP contribution < -0.4 is 5.43 Å². The number of benzene rings is 4. The maximum Gasteiger partial charge on any atom is 0.268 e. The van der Waals surface area contributed by atoms with Gasteiger partial charge in [0, 0.05) is 10.9 Å². The molecule has 0 fully saturated rings. The zero-order chi connectivity index (χ0) is 19.6. The Morgan fingerprint density at radius 2 is 1.55 bits per heavy atom. The molecule has 7 heteroatoms. The van der Waals surface area contributed by atoms with E-state index < -0.39 is 0 Å². The molecule has 0 atom stereocenters. The van der Waals surface area contributed by atoms with E-state index in [2.05, 4.69) is 26.1 Å². The van der Waals surface area contributed by atoms with Gasteiger partial charge < -0.3 is 5.11 Å². The van der Waals surface area contributed by atoms with Gasteiger partial charge in [0.05, 0.1) is 11.9 Å². The van der Waals surface area contributed by atoms with Crippen LogP contribution in [-0.2, 0) is 0 Å². The van der Waals surface area contributed by atoms with Crippen molar-refractivity contribution in [2.45, 2.75) is 0 Å². The normalized spacial score (nSPS) is 11.4. The number of hydrogen-bond donors (Lipinski definition) is 2. The van der Waals surface area contributed by atoms with Crippen LogP contribution in [0.15, 0.2) is 84.0 Å². The Bertz CT molecular complexity index is 1350. The molecule has 0 aliphatic rings. The Morgan fingerprint density at radius 1 is 0.828 bits per heavy atom. The van der Waals surface area contributed by atoms with Crippen molar-refractivity contribution in [3.05, 3.63) is 84.4 Å². The fraction of sp³-hybridized carbons (Fsp3) is 0. The van der Waals surface area contributed by atoms with Crippen LogP contribution in [0.4, 0.5) is 5.95 Å². The molecule has 1 aromatic heterocycles. The number of anilines is 1. The lowest BCUT2D eigenvalue weighted by atomic mass is 10.0. The summed E-state index contributed by atoms with van der Waals surface area (Å²) in [6, 6.07) is 25.3. The van der Waals surface area contributed by atoms with Gasteiger partial charge in [0.1, 0.15) is 5.75 Å². The third-order valence-corrected chi connectivity index (χ3v) is 4.77. The number of fused-ring (bicyclic) bond motifs is 2. The van der Waals surface area contributed by atoms with E-state index in [9.17, 15) is 5.11 Å². The second kappa shape index (κ2) is 7.05. The zero-order valence-electron chi connectivity index (χ0n) is 15.3. The predicted octanol–water partition coefficient (Wildman–Crippen LogP) is 4.12. The minimum Gasteiger partial charge on any atom is -0.507 e. The molecule has 0 aliphatic carbocycles. The summed E-state index contributed by atoms with van der Waals surface area (Å²) in [7, 11) is 0. The van der Waals surface area contributed by atoms with Crippen molar-refractivity contribution >= 4 is 33.7 Å². The van der Waals surface area contributed by atoms with Crippen molar-refractivity contribution < 1.29 is 5.11 Å². The van der Waals surface area contributed by atoms with Crippen molar-refractivity contribution in [3.8, 4) is 11.4 Å². The summed E-state index contributed by atoms with van der Waals surface area (Å²) >= 11 is 0. The second-order valence-corrected chi connectivity index (χ2v) is 6.50. The van der Waals surface area contributed by atoms with E-state index in [1.807, 2.05) is 72.8 Å². The number of phenols is 1. The highest BCUT2D eigenvalue weighted by molar-refractivity contribution is 6.02. The summed E-state index contributed by atoms with van der Waals surface area (Å²) in [5.74, 6) is 0.528.